The number of rotatable bonds is 4. The molecule has 0 fully saturated rings. The van der Waals surface area contributed by atoms with E-state index in [1.165, 1.54) is 21.4 Å². The summed E-state index contributed by atoms with van der Waals surface area (Å²) in [6.45, 7) is 0.344. The predicted octanol–water partition coefficient (Wildman–Crippen LogP) is 1.39. The lowest BCUT2D eigenvalue weighted by molar-refractivity contribution is -0.141. The van der Waals surface area contributed by atoms with Gasteiger partial charge in [0.05, 0.1) is 6.54 Å². The Balaban J connectivity index is 1.82. The number of hydrogen-bond acceptors (Lipinski definition) is 3. The summed E-state index contributed by atoms with van der Waals surface area (Å²) in [5.74, 6) is -0.772. The van der Waals surface area contributed by atoms with Crippen molar-refractivity contribution >= 4 is 5.97 Å². The van der Waals surface area contributed by atoms with Gasteiger partial charge in [-0.05, 0) is 37.0 Å². The quantitative estimate of drug-likeness (QED) is 0.926. The summed E-state index contributed by atoms with van der Waals surface area (Å²) in [5.41, 5.74) is 0.512. The van der Waals surface area contributed by atoms with Gasteiger partial charge in [-0.25, -0.2) is 18.7 Å². The molecule has 7 heteroatoms. The third kappa shape index (κ3) is 2.66. The lowest BCUT2D eigenvalue weighted by Gasteiger charge is -2.19. The van der Waals surface area contributed by atoms with Crippen molar-refractivity contribution in [3.63, 3.8) is 0 Å². The van der Waals surface area contributed by atoms with Gasteiger partial charge in [-0.2, -0.15) is 5.10 Å². The van der Waals surface area contributed by atoms with Gasteiger partial charge in [0.2, 0.25) is 0 Å². The number of hydrogen-bond donors (Lipinski definition) is 1. The number of aliphatic carboxylic acids is 1. The number of nitrogens with zero attached hydrogens (tertiary/aromatic N) is 3. The van der Waals surface area contributed by atoms with Crippen molar-refractivity contribution in [2.75, 3.05) is 0 Å². The summed E-state index contributed by atoms with van der Waals surface area (Å²) >= 11 is 0. The summed E-state index contributed by atoms with van der Waals surface area (Å²) in [5, 5.41) is 13.5. The van der Waals surface area contributed by atoms with Crippen LogP contribution in [0.25, 0.3) is 0 Å². The zero-order valence-corrected chi connectivity index (χ0v) is 11.9. The molecule has 0 aliphatic carbocycles. The third-order valence-corrected chi connectivity index (χ3v) is 3.94. The van der Waals surface area contributed by atoms with Crippen molar-refractivity contribution in [2.24, 2.45) is 0 Å². The molecule has 0 unspecified atom stereocenters. The summed E-state index contributed by atoms with van der Waals surface area (Å²) in [4.78, 5) is 23.6. The fourth-order valence-electron chi connectivity index (χ4n) is 2.80. The predicted molar refractivity (Wildman–Crippen MR) is 76.2 cm³/mol. The highest BCUT2D eigenvalue weighted by Gasteiger charge is 2.29. The molecule has 1 N–H and O–H groups in total. The largest absolute Gasteiger partial charge is 0.480 e. The van der Waals surface area contributed by atoms with Crippen LogP contribution in [0, 0.1) is 5.82 Å². The summed E-state index contributed by atoms with van der Waals surface area (Å²) in [7, 11) is 0. The minimum absolute atomic E-state index is 0.303. The van der Waals surface area contributed by atoms with E-state index in [9.17, 15) is 19.1 Å². The Kier molecular flexibility index (Phi) is 3.79. The van der Waals surface area contributed by atoms with Crippen LogP contribution in [0.4, 0.5) is 4.39 Å². The molecule has 0 spiro atoms. The number of benzene rings is 1. The van der Waals surface area contributed by atoms with E-state index in [-0.39, 0.29) is 11.5 Å². The summed E-state index contributed by atoms with van der Waals surface area (Å²) < 4.78 is 15.5. The molecule has 0 saturated carbocycles. The molecular formula is C15H16FN3O3. The Hall–Kier alpha value is -2.44. The second kappa shape index (κ2) is 5.75. The van der Waals surface area contributed by atoms with Crippen LogP contribution in [0.15, 0.2) is 29.1 Å². The number of aryl methyl sites for hydroxylation is 3. The first-order valence-corrected chi connectivity index (χ1v) is 7.22. The zero-order valence-electron chi connectivity index (χ0n) is 11.9. The molecule has 1 aromatic heterocycles. The van der Waals surface area contributed by atoms with Crippen LogP contribution < -0.4 is 5.69 Å². The van der Waals surface area contributed by atoms with Crippen LogP contribution in [0.3, 0.4) is 0 Å². The Morgan fingerprint density at radius 1 is 1.36 bits per heavy atom. The molecule has 1 aromatic carbocycles. The molecule has 0 bridgehead atoms. The molecule has 6 nitrogen and oxygen atoms in total. The van der Waals surface area contributed by atoms with Crippen molar-refractivity contribution < 1.29 is 14.3 Å². The third-order valence-electron chi connectivity index (χ3n) is 3.94. The second-order valence-corrected chi connectivity index (χ2v) is 5.41. The topological polar surface area (TPSA) is 77.1 Å². The number of aromatic nitrogens is 3. The van der Waals surface area contributed by atoms with E-state index in [1.807, 2.05) is 0 Å². The van der Waals surface area contributed by atoms with E-state index in [0.717, 1.165) is 5.56 Å². The fraction of sp³-hybridized carbons (Fsp3) is 0.400. The monoisotopic (exact) mass is 305 g/mol. The van der Waals surface area contributed by atoms with Gasteiger partial charge in [-0.3, -0.25) is 4.57 Å². The molecule has 2 aromatic rings. The minimum atomic E-state index is -0.999. The first kappa shape index (κ1) is 14.5. The molecule has 2 heterocycles. The highest BCUT2D eigenvalue weighted by atomic mass is 19.1. The van der Waals surface area contributed by atoms with Gasteiger partial charge in [0.25, 0.3) is 0 Å². The maximum Gasteiger partial charge on any atom is 0.346 e. The Bertz CT molecular complexity index is 748. The summed E-state index contributed by atoms with van der Waals surface area (Å²) in [6, 6.07) is 5.25. The molecule has 0 saturated heterocycles. The average molecular weight is 305 g/mol. The first-order valence-electron chi connectivity index (χ1n) is 7.22. The van der Waals surface area contributed by atoms with Crippen LogP contribution in [-0.2, 0) is 24.2 Å². The van der Waals surface area contributed by atoms with Gasteiger partial charge in [-0.15, -0.1) is 0 Å². The van der Waals surface area contributed by atoms with Crippen molar-refractivity contribution in [1.29, 1.82) is 0 Å². The van der Waals surface area contributed by atoms with Gasteiger partial charge >= 0.3 is 11.7 Å². The lowest BCUT2D eigenvalue weighted by Crippen LogP contribution is -2.34. The molecule has 0 radical (unpaired) electrons. The highest BCUT2D eigenvalue weighted by molar-refractivity contribution is 5.72. The van der Waals surface area contributed by atoms with Crippen LogP contribution >= 0.6 is 0 Å². The number of carbonyl (C=O) groups is 1. The average Bonchev–Trinajstić information content (AvgIpc) is 2.83. The van der Waals surface area contributed by atoms with E-state index in [4.69, 9.17) is 0 Å². The number of carboxylic acid groups (broad SMARTS) is 1. The molecule has 1 aliphatic rings. The maximum atomic E-state index is 12.9. The molecule has 1 aliphatic heterocycles. The van der Waals surface area contributed by atoms with E-state index < -0.39 is 12.0 Å². The molecular weight excluding hydrogens is 289 g/mol. The minimum Gasteiger partial charge on any atom is -0.480 e. The zero-order chi connectivity index (χ0) is 15.7. The first-order chi connectivity index (χ1) is 10.6. The molecule has 116 valence electrons. The lowest BCUT2D eigenvalue weighted by atomic mass is 10.1. The van der Waals surface area contributed by atoms with Crippen LogP contribution in [-0.4, -0.2) is 25.4 Å². The van der Waals surface area contributed by atoms with Crippen LogP contribution in [0.5, 0.6) is 0 Å². The Morgan fingerprint density at radius 3 is 2.77 bits per heavy atom. The number of halogens is 1. The second-order valence-electron chi connectivity index (χ2n) is 5.41. The molecule has 3 rings (SSSR count). The SMILES string of the molecule is O=C(O)[C@@H]1CCCc2nn(CCc3ccc(F)cc3)c(=O)n21. The van der Waals surface area contributed by atoms with Crippen LogP contribution in [0.1, 0.15) is 30.3 Å². The van der Waals surface area contributed by atoms with Crippen molar-refractivity contribution in [3.8, 4) is 0 Å². The normalized spacial score (nSPS) is 17.2. The van der Waals surface area contributed by atoms with Gasteiger partial charge in [0, 0.05) is 6.42 Å². The number of fused-ring (bicyclic) bond motifs is 1. The van der Waals surface area contributed by atoms with Gasteiger partial charge in [-0.1, -0.05) is 12.1 Å². The molecule has 1 atom stereocenters. The van der Waals surface area contributed by atoms with E-state index in [0.29, 0.717) is 38.1 Å². The van der Waals surface area contributed by atoms with Gasteiger partial charge in [0.15, 0.2) is 0 Å². The Labute approximate surface area is 125 Å². The number of carboxylic acids is 1. The van der Waals surface area contributed by atoms with E-state index in [2.05, 4.69) is 5.10 Å². The van der Waals surface area contributed by atoms with Crippen LogP contribution in [0.2, 0.25) is 0 Å². The Morgan fingerprint density at radius 2 is 2.09 bits per heavy atom. The summed E-state index contributed by atoms with van der Waals surface area (Å²) in [6.07, 6.45) is 2.31. The van der Waals surface area contributed by atoms with Gasteiger partial charge in [0.1, 0.15) is 17.7 Å². The van der Waals surface area contributed by atoms with Crippen molar-refractivity contribution in [2.45, 2.75) is 38.3 Å². The fourth-order valence-corrected chi connectivity index (χ4v) is 2.80. The van der Waals surface area contributed by atoms with E-state index in [1.54, 1.807) is 12.1 Å². The molecule has 0 amide bonds. The maximum absolute atomic E-state index is 12.9. The van der Waals surface area contributed by atoms with Crippen molar-refractivity contribution in [3.05, 3.63) is 52.0 Å². The molecule has 22 heavy (non-hydrogen) atoms. The van der Waals surface area contributed by atoms with E-state index >= 15 is 0 Å². The smallest absolute Gasteiger partial charge is 0.346 e. The highest BCUT2D eigenvalue weighted by Crippen LogP contribution is 2.21. The van der Waals surface area contributed by atoms with Gasteiger partial charge < -0.3 is 5.11 Å². The standard InChI is InChI=1S/C15H16FN3O3/c16-11-6-4-10(5-7-11)8-9-18-15(22)19-12(14(20)21)2-1-3-13(19)17-18/h4-7,12H,1-3,8-9H2,(H,20,21)/t12-/m0/s1. The van der Waals surface area contributed by atoms with Crippen molar-refractivity contribution in [1.82, 2.24) is 14.3 Å².